The van der Waals surface area contributed by atoms with E-state index in [1.54, 1.807) is 0 Å². The molecule has 134 valence electrons. The molecule has 0 saturated heterocycles. The van der Waals surface area contributed by atoms with Crippen molar-refractivity contribution in [3.8, 4) is 0 Å². The summed E-state index contributed by atoms with van der Waals surface area (Å²) < 4.78 is 0. The van der Waals surface area contributed by atoms with Crippen molar-refractivity contribution in [3.05, 3.63) is 0 Å². The first kappa shape index (κ1) is 22.0. The Morgan fingerprint density at radius 2 is 0.909 bits per heavy atom. The van der Waals surface area contributed by atoms with Crippen molar-refractivity contribution < 1.29 is 0 Å². The van der Waals surface area contributed by atoms with Crippen molar-refractivity contribution >= 4 is 0 Å². The molecule has 0 N–H and O–H groups in total. The zero-order valence-corrected chi connectivity index (χ0v) is 17.1. The summed E-state index contributed by atoms with van der Waals surface area (Å²) in [6.07, 6.45) is 11.4. The molecular formula is C22H46. The van der Waals surface area contributed by atoms with E-state index in [0.717, 1.165) is 35.5 Å². The van der Waals surface area contributed by atoms with Crippen molar-refractivity contribution in [2.45, 2.75) is 107 Å². The van der Waals surface area contributed by atoms with Gasteiger partial charge < -0.3 is 0 Å². The predicted molar refractivity (Wildman–Crippen MR) is 103 cm³/mol. The molecule has 0 aliphatic rings. The molecule has 0 radical (unpaired) electrons. The Morgan fingerprint density at radius 1 is 0.500 bits per heavy atom. The highest BCUT2D eigenvalue weighted by molar-refractivity contribution is 4.73. The lowest BCUT2D eigenvalue weighted by molar-refractivity contribution is 0.223. The Balaban J connectivity index is 4.70. The normalized spacial score (nSPS) is 16.5. The highest BCUT2D eigenvalue weighted by Gasteiger charge is 2.21. The Bertz CT molecular complexity index is 238. The van der Waals surface area contributed by atoms with E-state index in [4.69, 9.17) is 0 Å². The molecule has 0 aromatic carbocycles. The van der Waals surface area contributed by atoms with Gasteiger partial charge in [-0.1, -0.05) is 74.7 Å². The van der Waals surface area contributed by atoms with E-state index in [-0.39, 0.29) is 0 Å². The van der Waals surface area contributed by atoms with Gasteiger partial charge >= 0.3 is 0 Å². The Kier molecular flexibility index (Phi) is 12.4. The third-order valence-electron chi connectivity index (χ3n) is 5.02. The smallest absolute Gasteiger partial charge is 0.0407 e. The van der Waals surface area contributed by atoms with E-state index in [1.807, 2.05) is 0 Å². The van der Waals surface area contributed by atoms with Crippen LogP contribution in [0.2, 0.25) is 0 Å². The van der Waals surface area contributed by atoms with Gasteiger partial charge in [0.2, 0.25) is 0 Å². The first-order valence-electron chi connectivity index (χ1n) is 10.3. The topological polar surface area (TPSA) is 0 Å². The summed E-state index contributed by atoms with van der Waals surface area (Å²) >= 11 is 0. The molecule has 0 aromatic heterocycles. The van der Waals surface area contributed by atoms with E-state index in [1.165, 1.54) is 51.4 Å². The SMILES string of the molecule is CCCC(CC(C)C)CC(CC(C)C)CC(CC)CC(C)C. The first-order chi connectivity index (χ1) is 10.3. The summed E-state index contributed by atoms with van der Waals surface area (Å²) in [6, 6.07) is 0. The van der Waals surface area contributed by atoms with Crippen molar-refractivity contribution in [1.29, 1.82) is 0 Å². The third kappa shape index (κ3) is 11.6. The van der Waals surface area contributed by atoms with Crippen molar-refractivity contribution in [2.75, 3.05) is 0 Å². The van der Waals surface area contributed by atoms with Crippen LogP contribution in [-0.2, 0) is 0 Å². The molecule has 0 rings (SSSR count). The summed E-state index contributed by atoms with van der Waals surface area (Å²) in [5.41, 5.74) is 0. The van der Waals surface area contributed by atoms with Crippen LogP contribution in [0.25, 0.3) is 0 Å². The predicted octanol–water partition coefficient (Wildman–Crippen LogP) is 7.96. The molecule has 0 spiro atoms. The standard InChI is InChI=1S/C22H46/c1-9-11-21(13-18(5)6)16-22(14-19(7)8)15-20(10-2)12-17(3)4/h17-22H,9-16H2,1-8H3. The molecule has 0 heterocycles. The molecule has 3 atom stereocenters. The van der Waals surface area contributed by atoms with E-state index in [9.17, 15) is 0 Å². The summed E-state index contributed by atoms with van der Waals surface area (Å²) in [7, 11) is 0. The van der Waals surface area contributed by atoms with Gasteiger partial charge in [0, 0.05) is 0 Å². The highest BCUT2D eigenvalue weighted by atomic mass is 14.3. The van der Waals surface area contributed by atoms with Crippen molar-refractivity contribution in [3.63, 3.8) is 0 Å². The van der Waals surface area contributed by atoms with Crippen molar-refractivity contribution in [2.24, 2.45) is 35.5 Å². The monoisotopic (exact) mass is 310 g/mol. The minimum Gasteiger partial charge on any atom is -0.0654 e. The Labute approximate surface area is 142 Å². The summed E-state index contributed by atoms with van der Waals surface area (Å²) in [5, 5.41) is 0. The van der Waals surface area contributed by atoms with Crippen LogP contribution in [0.15, 0.2) is 0 Å². The van der Waals surface area contributed by atoms with Crippen molar-refractivity contribution in [1.82, 2.24) is 0 Å². The van der Waals surface area contributed by atoms with E-state index in [2.05, 4.69) is 55.4 Å². The second-order valence-corrected chi connectivity index (χ2v) is 9.16. The van der Waals surface area contributed by atoms with Crippen LogP contribution in [0.4, 0.5) is 0 Å². The van der Waals surface area contributed by atoms with Crippen LogP contribution in [0, 0.1) is 35.5 Å². The van der Waals surface area contributed by atoms with Gasteiger partial charge in [0.15, 0.2) is 0 Å². The summed E-state index contributed by atoms with van der Waals surface area (Å²) in [4.78, 5) is 0. The fourth-order valence-electron chi connectivity index (χ4n) is 4.40. The molecule has 0 fully saturated rings. The van der Waals surface area contributed by atoms with Gasteiger partial charge in [-0.3, -0.25) is 0 Å². The maximum absolute atomic E-state index is 2.41. The van der Waals surface area contributed by atoms with E-state index < -0.39 is 0 Å². The minimum absolute atomic E-state index is 0.850. The van der Waals surface area contributed by atoms with Gasteiger partial charge in [-0.25, -0.2) is 0 Å². The quantitative estimate of drug-likeness (QED) is 0.323. The van der Waals surface area contributed by atoms with E-state index in [0.29, 0.717) is 0 Å². The van der Waals surface area contributed by atoms with Crippen LogP contribution >= 0.6 is 0 Å². The third-order valence-corrected chi connectivity index (χ3v) is 5.02. The summed E-state index contributed by atoms with van der Waals surface area (Å²) in [6.45, 7) is 19.1. The largest absolute Gasteiger partial charge is 0.0654 e. The van der Waals surface area contributed by atoms with E-state index >= 15 is 0 Å². The van der Waals surface area contributed by atoms with Gasteiger partial charge in [-0.15, -0.1) is 0 Å². The molecule has 0 aromatic rings. The van der Waals surface area contributed by atoms with Crippen LogP contribution in [0.3, 0.4) is 0 Å². The molecule has 22 heavy (non-hydrogen) atoms. The fourth-order valence-corrected chi connectivity index (χ4v) is 4.40. The lowest BCUT2D eigenvalue weighted by atomic mass is 9.76. The maximum Gasteiger partial charge on any atom is -0.0407 e. The molecule has 0 amide bonds. The first-order valence-corrected chi connectivity index (χ1v) is 10.3. The maximum atomic E-state index is 2.41. The second kappa shape index (κ2) is 12.4. The zero-order chi connectivity index (χ0) is 17.1. The van der Waals surface area contributed by atoms with Gasteiger partial charge in [0.05, 0.1) is 0 Å². The molecule has 0 aliphatic heterocycles. The van der Waals surface area contributed by atoms with Crippen LogP contribution < -0.4 is 0 Å². The molecule has 0 nitrogen and oxygen atoms in total. The lowest BCUT2D eigenvalue weighted by Crippen LogP contribution is -2.17. The molecule has 0 saturated carbocycles. The molecule has 0 aliphatic carbocycles. The lowest BCUT2D eigenvalue weighted by Gasteiger charge is -2.29. The number of rotatable bonds is 13. The zero-order valence-electron chi connectivity index (χ0n) is 17.1. The highest BCUT2D eigenvalue weighted by Crippen LogP contribution is 2.34. The number of hydrogen-bond donors (Lipinski definition) is 0. The Morgan fingerprint density at radius 3 is 1.32 bits per heavy atom. The van der Waals surface area contributed by atoms with Crippen LogP contribution in [-0.4, -0.2) is 0 Å². The average molecular weight is 311 g/mol. The fraction of sp³-hybridized carbons (Fsp3) is 1.00. The molecule has 0 heteroatoms. The van der Waals surface area contributed by atoms with Gasteiger partial charge in [-0.05, 0) is 67.6 Å². The molecular weight excluding hydrogens is 264 g/mol. The molecule has 0 bridgehead atoms. The Hall–Kier alpha value is 0. The van der Waals surface area contributed by atoms with Gasteiger partial charge in [0.1, 0.15) is 0 Å². The average Bonchev–Trinajstić information content (AvgIpc) is 2.35. The van der Waals surface area contributed by atoms with Crippen LogP contribution in [0.1, 0.15) is 107 Å². The summed E-state index contributed by atoms with van der Waals surface area (Å²) in [5.74, 6) is 5.43. The minimum atomic E-state index is 0.850. The number of hydrogen-bond acceptors (Lipinski definition) is 0. The van der Waals surface area contributed by atoms with Gasteiger partial charge in [0.25, 0.3) is 0 Å². The van der Waals surface area contributed by atoms with Gasteiger partial charge in [-0.2, -0.15) is 0 Å². The second-order valence-electron chi connectivity index (χ2n) is 9.16. The van der Waals surface area contributed by atoms with Crippen LogP contribution in [0.5, 0.6) is 0 Å². The molecule has 3 unspecified atom stereocenters.